The highest BCUT2D eigenvalue weighted by Gasteiger charge is 2.32. The average molecular weight is 453 g/mol. The fourth-order valence-corrected chi connectivity index (χ4v) is 4.61. The molecular formula is C25H26F2N4O2. The van der Waals surface area contributed by atoms with E-state index in [0.29, 0.717) is 45.8 Å². The Morgan fingerprint density at radius 3 is 2.24 bits per heavy atom. The molecule has 2 aliphatic rings. The summed E-state index contributed by atoms with van der Waals surface area (Å²) in [7, 11) is 0. The number of aromatic nitrogens is 2. The first kappa shape index (κ1) is 21.6. The Bertz CT molecular complexity index is 1140. The smallest absolute Gasteiger partial charge is 0.320 e. The Morgan fingerprint density at radius 1 is 0.939 bits per heavy atom. The normalized spacial score (nSPS) is 17.1. The van der Waals surface area contributed by atoms with Crippen molar-refractivity contribution in [2.45, 2.75) is 25.9 Å². The number of amides is 2. The molecule has 2 aliphatic heterocycles. The molecule has 2 aromatic carbocycles. The molecule has 172 valence electrons. The van der Waals surface area contributed by atoms with Crippen LogP contribution in [0.5, 0.6) is 0 Å². The van der Waals surface area contributed by atoms with Gasteiger partial charge in [0, 0.05) is 42.9 Å². The molecule has 5 rings (SSSR count). The minimum atomic E-state index is -0.309. The number of nitrogens with zero attached hydrogens (tertiary/aromatic N) is 4. The largest absolute Gasteiger partial charge is 0.378 e. The number of carbonyl (C=O) groups excluding carboxylic acids is 1. The Labute approximate surface area is 191 Å². The molecule has 1 atom stereocenters. The monoisotopic (exact) mass is 452 g/mol. The first-order chi connectivity index (χ1) is 16.0. The molecule has 0 aliphatic carbocycles. The van der Waals surface area contributed by atoms with E-state index in [0.717, 1.165) is 28.1 Å². The predicted molar refractivity (Wildman–Crippen MR) is 120 cm³/mol. The third-order valence-electron chi connectivity index (χ3n) is 6.48. The van der Waals surface area contributed by atoms with Gasteiger partial charge >= 0.3 is 6.03 Å². The lowest BCUT2D eigenvalue weighted by atomic mass is 10.00. The topological polar surface area (TPSA) is 50.6 Å². The SMILES string of the molecule is C[C@@H](c1ccc(F)cc1)n1nc(-c2ccc(F)cc2)c2c1CCN(C(=O)N1CCOCC1)C2. The number of hydrogen-bond donors (Lipinski definition) is 0. The molecule has 33 heavy (non-hydrogen) atoms. The quantitative estimate of drug-likeness (QED) is 0.597. The van der Waals surface area contributed by atoms with Crippen LogP contribution in [0.15, 0.2) is 48.5 Å². The van der Waals surface area contributed by atoms with E-state index in [9.17, 15) is 13.6 Å². The number of benzene rings is 2. The number of urea groups is 1. The summed E-state index contributed by atoms with van der Waals surface area (Å²) in [6, 6.07) is 12.6. The van der Waals surface area contributed by atoms with E-state index < -0.39 is 0 Å². The number of rotatable bonds is 3. The van der Waals surface area contributed by atoms with Gasteiger partial charge in [-0.15, -0.1) is 0 Å². The van der Waals surface area contributed by atoms with Crippen molar-refractivity contribution in [1.82, 2.24) is 19.6 Å². The van der Waals surface area contributed by atoms with Gasteiger partial charge in [-0.05, 0) is 48.9 Å². The number of halogens is 2. The maximum absolute atomic E-state index is 13.6. The molecule has 3 aromatic rings. The van der Waals surface area contributed by atoms with E-state index in [1.54, 1.807) is 24.3 Å². The van der Waals surface area contributed by atoms with Crippen molar-refractivity contribution >= 4 is 6.03 Å². The molecule has 0 spiro atoms. The lowest BCUT2D eigenvalue weighted by molar-refractivity contribution is 0.0421. The minimum Gasteiger partial charge on any atom is -0.378 e. The van der Waals surface area contributed by atoms with Gasteiger partial charge < -0.3 is 14.5 Å². The zero-order chi connectivity index (χ0) is 22.9. The number of morpholine rings is 1. The van der Waals surface area contributed by atoms with E-state index in [1.165, 1.54) is 24.3 Å². The molecule has 3 heterocycles. The summed E-state index contributed by atoms with van der Waals surface area (Å²) in [6.07, 6.45) is 0.658. The minimum absolute atomic E-state index is 0.00772. The second-order valence-corrected chi connectivity index (χ2v) is 8.51. The van der Waals surface area contributed by atoms with Gasteiger partial charge in [0.15, 0.2) is 0 Å². The summed E-state index contributed by atoms with van der Waals surface area (Å²) in [6.45, 7) is 5.35. The summed E-state index contributed by atoms with van der Waals surface area (Å²) < 4.78 is 34.4. The second kappa shape index (κ2) is 8.94. The van der Waals surface area contributed by atoms with Gasteiger partial charge in [0.25, 0.3) is 0 Å². The zero-order valence-corrected chi connectivity index (χ0v) is 18.5. The van der Waals surface area contributed by atoms with E-state index in [-0.39, 0.29) is 23.7 Å². The predicted octanol–water partition coefficient (Wildman–Crippen LogP) is 4.25. The molecule has 1 aromatic heterocycles. The van der Waals surface area contributed by atoms with Gasteiger partial charge in [-0.1, -0.05) is 12.1 Å². The van der Waals surface area contributed by atoms with Crippen LogP contribution in [0.4, 0.5) is 13.6 Å². The van der Waals surface area contributed by atoms with Crippen LogP contribution in [-0.4, -0.2) is 58.5 Å². The van der Waals surface area contributed by atoms with Gasteiger partial charge in [0.05, 0.1) is 31.5 Å². The molecule has 0 radical (unpaired) electrons. The lowest BCUT2D eigenvalue weighted by Gasteiger charge is -2.35. The molecule has 1 fully saturated rings. The van der Waals surface area contributed by atoms with Crippen LogP contribution < -0.4 is 0 Å². The average Bonchev–Trinajstić information content (AvgIpc) is 3.23. The van der Waals surface area contributed by atoms with Crippen molar-refractivity contribution < 1.29 is 18.3 Å². The van der Waals surface area contributed by atoms with Crippen LogP contribution in [-0.2, 0) is 17.7 Å². The molecule has 0 saturated carbocycles. The molecule has 6 nitrogen and oxygen atoms in total. The Balaban J connectivity index is 1.52. The Hall–Kier alpha value is -3.26. The summed E-state index contributed by atoms with van der Waals surface area (Å²) in [5, 5.41) is 4.93. The fraction of sp³-hybridized carbons (Fsp3) is 0.360. The van der Waals surface area contributed by atoms with Gasteiger partial charge in [0.2, 0.25) is 0 Å². The second-order valence-electron chi connectivity index (χ2n) is 8.51. The highest BCUT2D eigenvalue weighted by atomic mass is 19.1. The Morgan fingerprint density at radius 2 is 1.58 bits per heavy atom. The van der Waals surface area contributed by atoms with Crippen LogP contribution >= 0.6 is 0 Å². The molecule has 0 N–H and O–H groups in total. The molecule has 2 amide bonds. The van der Waals surface area contributed by atoms with Crippen molar-refractivity contribution in [2.24, 2.45) is 0 Å². The standard InChI is InChI=1S/C25H26F2N4O2/c1-17(18-2-6-20(26)7-3-18)31-23-10-11-30(25(32)29-12-14-33-15-13-29)16-22(23)24(28-31)19-4-8-21(27)9-5-19/h2-9,17H,10-16H2,1H3/t17-/m0/s1. The van der Waals surface area contributed by atoms with Crippen LogP contribution in [0.25, 0.3) is 11.3 Å². The molecule has 0 unspecified atom stereocenters. The van der Waals surface area contributed by atoms with Crippen molar-refractivity contribution in [1.29, 1.82) is 0 Å². The van der Waals surface area contributed by atoms with Crippen LogP contribution in [0.1, 0.15) is 29.8 Å². The zero-order valence-electron chi connectivity index (χ0n) is 18.5. The van der Waals surface area contributed by atoms with Gasteiger partial charge in [-0.3, -0.25) is 4.68 Å². The molecule has 1 saturated heterocycles. The summed E-state index contributed by atoms with van der Waals surface area (Å²) in [5.74, 6) is -0.589. The Kier molecular flexibility index (Phi) is 5.85. The maximum atomic E-state index is 13.6. The van der Waals surface area contributed by atoms with Crippen molar-refractivity contribution in [2.75, 3.05) is 32.8 Å². The van der Waals surface area contributed by atoms with Crippen molar-refractivity contribution in [3.05, 3.63) is 77.0 Å². The number of hydrogen-bond acceptors (Lipinski definition) is 3. The van der Waals surface area contributed by atoms with Gasteiger partial charge in [0.1, 0.15) is 11.6 Å². The van der Waals surface area contributed by atoms with Crippen molar-refractivity contribution in [3.8, 4) is 11.3 Å². The first-order valence-corrected chi connectivity index (χ1v) is 11.2. The van der Waals surface area contributed by atoms with Crippen LogP contribution in [0.3, 0.4) is 0 Å². The lowest BCUT2D eigenvalue weighted by Crippen LogP contribution is -2.49. The van der Waals surface area contributed by atoms with Crippen LogP contribution in [0, 0.1) is 11.6 Å². The van der Waals surface area contributed by atoms with E-state index in [4.69, 9.17) is 9.84 Å². The van der Waals surface area contributed by atoms with Crippen LogP contribution in [0.2, 0.25) is 0 Å². The first-order valence-electron chi connectivity index (χ1n) is 11.2. The molecule has 8 heteroatoms. The summed E-state index contributed by atoms with van der Waals surface area (Å²) >= 11 is 0. The van der Waals surface area contributed by atoms with Gasteiger partial charge in [-0.2, -0.15) is 5.10 Å². The third-order valence-corrected chi connectivity index (χ3v) is 6.48. The van der Waals surface area contributed by atoms with E-state index >= 15 is 0 Å². The van der Waals surface area contributed by atoms with E-state index in [1.807, 2.05) is 21.4 Å². The molecule has 0 bridgehead atoms. The highest BCUT2D eigenvalue weighted by molar-refractivity contribution is 5.76. The molecular weight excluding hydrogens is 426 g/mol. The number of carbonyl (C=O) groups is 1. The summed E-state index contributed by atoms with van der Waals surface area (Å²) in [4.78, 5) is 16.8. The van der Waals surface area contributed by atoms with Gasteiger partial charge in [-0.25, -0.2) is 13.6 Å². The number of ether oxygens (including phenoxy) is 1. The highest BCUT2D eigenvalue weighted by Crippen LogP contribution is 2.33. The maximum Gasteiger partial charge on any atom is 0.320 e. The fourth-order valence-electron chi connectivity index (χ4n) is 4.61. The summed E-state index contributed by atoms with van der Waals surface area (Å²) in [5.41, 5.74) is 4.52. The number of fused-ring (bicyclic) bond motifs is 1. The van der Waals surface area contributed by atoms with Crippen molar-refractivity contribution in [3.63, 3.8) is 0 Å². The van der Waals surface area contributed by atoms with E-state index in [2.05, 4.69) is 0 Å². The third kappa shape index (κ3) is 4.23.